The lowest BCUT2D eigenvalue weighted by molar-refractivity contribution is 0.568. The molecule has 0 bridgehead atoms. The largest absolute Gasteiger partial charge is 0.341 e. The van der Waals surface area contributed by atoms with E-state index in [0.29, 0.717) is 5.69 Å². The van der Waals surface area contributed by atoms with Crippen LogP contribution >= 0.6 is 0 Å². The monoisotopic (exact) mass is 423 g/mol. The maximum absolute atomic E-state index is 12.5. The molecule has 1 aromatic heterocycles. The molecule has 8 heteroatoms. The molecule has 2 N–H and O–H groups in total. The van der Waals surface area contributed by atoms with Crippen molar-refractivity contribution in [2.45, 2.75) is 31.1 Å². The number of aryl methyl sites for hydroxylation is 1. The van der Waals surface area contributed by atoms with Crippen molar-refractivity contribution in [1.29, 1.82) is 0 Å². The fourth-order valence-corrected chi connectivity index (χ4v) is 4.52. The molecule has 2 heterocycles. The number of piperidine rings is 1. The van der Waals surface area contributed by atoms with Gasteiger partial charge in [-0.1, -0.05) is 18.2 Å². The first-order valence-corrected chi connectivity index (χ1v) is 11.5. The van der Waals surface area contributed by atoms with E-state index in [-0.39, 0.29) is 4.90 Å². The fraction of sp³-hybridized carbons (Fsp3) is 0.273. The fourth-order valence-electron chi connectivity index (χ4n) is 3.44. The van der Waals surface area contributed by atoms with Crippen LogP contribution in [-0.2, 0) is 10.0 Å². The Hall–Kier alpha value is -3.13. The molecule has 1 aliphatic rings. The Labute approximate surface area is 177 Å². The van der Waals surface area contributed by atoms with Gasteiger partial charge in [0.15, 0.2) is 0 Å². The summed E-state index contributed by atoms with van der Waals surface area (Å²) < 4.78 is 27.5. The van der Waals surface area contributed by atoms with Crippen molar-refractivity contribution in [1.82, 2.24) is 9.97 Å². The molecule has 7 nitrogen and oxygen atoms in total. The molecule has 0 atom stereocenters. The Morgan fingerprint density at radius 3 is 2.23 bits per heavy atom. The van der Waals surface area contributed by atoms with Gasteiger partial charge in [0, 0.05) is 36.2 Å². The van der Waals surface area contributed by atoms with Crippen molar-refractivity contribution in [3.05, 3.63) is 66.4 Å². The lowest BCUT2D eigenvalue weighted by Crippen LogP contribution is -2.31. The van der Waals surface area contributed by atoms with Gasteiger partial charge in [-0.2, -0.15) is 4.98 Å². The number of aromatic nitrogens is 2. The molecule has 3 aromatic rings. The molecule has 4 rings (SSSR count). The van der Waals surface area contributed by atoms with Gasteiger partial charge in [-0.25, -0.2) is 13.4 Å². The van der Waals surface area contributed by atoms with E-state index in [2.05, 4.69) is 24.9 Å². The highest BCUT2D eigenvalue weighted by molar-refractivity contribution is 7.92. The first kappa shape index (κ1) is 20.2. The third-order valence-electron chi connectivity index (χ3n) is 4.94. The molecule has 1 aliphatic heterocycles. The van der Waals surface area contributed by atoms with Crippen molar-refractivity contribution in [2.24, 2.45) is 0 Å². The first-order chi connectivity index (χ1) is 14.5. The normalized spacial score (nSPS) is 14.4. The quantitative estimate of drug-likeness (QED) is 0.614. The molecule has 0 spiro atoms. The topological polar surface area (TPSA) is 87.2 Å². The van der Waals surface area contributed by atoms with E-state index >= 15 is 0 Å². The van der Waals surface area contributed by atoms with Gasteiger partial charge in [0.25, 0.3) is 10.0 Å². The van der Waals surface area contributed by atoms with Crippen LogP contribution < -0.4 is 14.9 Å². The first-order valence-electron chi connectivity index (χ1n) is 10.1. The number of benzene rings is 2. The number of nitrogens with one attached hydrogen (secondary N) is 2. The van der Waals surface area contributed by atoms with E-state index in [1.54, 1.807) is 42.5 Å². The van der Waals surface area contributed by atoms with Crippen LogP contribution in [0.1, 0.15) is 25.0 Å². The summed E-state index contributed by atoms with van der Waals surface area (Å²) in [5.41, 5.74) is 2.22. The van der Waals surface area contributed by atoms with Crippen LogP contribution in [0.5, 0.6) is 0 Å². The van der Waals surface area contributed by atoms with E-state index in [1.165, 1.54) is 19.3 Å². The van der Waals surface area contributed by atoms with Crippen LogP contribution in [0, 0.1) is 6.92 Å². The third-order valence-corrected chi connectivity index (χ3v) is 6.34. The van der Waals surface area contributed by atoms with E-state index in [9.17, 15) is 8.42 Å². The van der Waals surface area contributed by atoms with Gasteiger partial charge >= 0.3 is 0 Å². The van der Waals surface area contributed by atoms with Crippen molar-refractivity contribution in [3.8, 4) is 0 Å². The number of hydrogen-bond acceptors (Lipinski definition) is 6. The van der Waals surface area contributed by atoms with E-state index in [0.717, 1.165) is 36.2 Å². The van der Waals surface area contributed by atoms with Gasteiger partial charge in [-0.15, -0.1) is 0 Å². The van der Waals surface area contributed by atoms with Gasteiger partial charge in [-0.3, -0.25) is 4.72 Å². The van der Waals surface area contributed by atoms with Crippen LogP contribution in [0.25, 0.3) is 0 Å². The zero-order valence-corrected chi connectivity index (χ0v) is 17.7. The van der Waals surface area contributed by atoms with Crippen LogP contribution in [0.3, 0.4) is 0 Å². The Kier molecular flexibility index (Phi) is 5.85. The van der Waals surface area contributed by atoms with E-state index in [1.807, 2.05) is 25.1 Å². The summed E-state index contributed by atoms with van der Waals surface area (Å²) in [5.74, 6) is 1.48. The number of nitrogens with zero attached hydrogens (tertiary/aromatic N) is 3. The molecule has 0 unspecified atom stereocenters. The molecular weight excluding hydrogens is 398 g/mol. The average Bonchev–Trinajstić information content (AvgIpc) is 2.76. The van der Waals surface area contributed by atoms with Crippen molar-refractivity contribution >= 4 is 33.2 Å². The zero-order valence-electron chi connectivity index (χ0n) is 16.9. The van der Waals surface area contributed by atoms with Gasteiger partial charge in [0.2, 0.25) is 5.95 Å². The zero-order chi connectivity index (χ0) is 21.0. The Morgan fingerprint density at radius 2 is 1.53 bits per heavy atom. The summed E-state index contributed by atoms with van der Waals surface area (Å²) in [6, 6.07) is 17.3. The summed E-state index contributed by atoms with van der Waals surface area (Å²) in [6.07, 6.45) is 3.59. The number of anilines is 4. The second-order valence-corrected chi connectivity index (χ2v) is 9.05. The van der Waals surface area contributed by atoms with Crippen molar-refractivity contribution in [3.63, 3.8) is 0 Å². The van der Waals surface area contributed by atoms with Crippen molar-refractivity contribution in [2.75, 3.05) is 28.0 Å². The highest BCUT2D eigenvalue weighted by Gasteiger charge is 2.15. The SMILES string of the molecule is Cc1cc(Nc2ccc(NS(=O)(=O)c3ccccc3)cc2)nc(N2CCCCC2)n1. The predicted octanol–water partition coefficient (Wildman–Crippen LogP) is 4.32. The van der Waals surface area contributed by atoms with Gasteiger partial charge in [0.05, 0.1) is 4.90 Å². The Bertz CT molecular complexity index is 1100. The minimum atomic E-state index is -3.61. The van der Waals surface area contributed by atoms with Crippen molar-refractivity contribution < 1.29 is 8.42 Å². The van der Waals surface area contributed by atoms with Gasteiger partial charge in [-0.05, 0) is 62.6 Å². The molecule has 30 heavy (non-hydrogen) atoms. The van der Waals surface area contributed by atoms with Crippen LogP contribution in [0.2, 0.25) is 0 Å². The number of hydrogen-bond donors (Lipinski definition) is 2. The molecule has 0 aliphatic carbocycles. The minimum Gasteiger partial charge on any atom is -0.341 e. The van der Waals surface area contributed by atoms with Crippen LogP contribution in [0.4, 0.5) is 23.1 Å². The number of rotatable bonds is 6. The standard InChI is InChI=1S/C22H25N5O2S/c1-17-16-21(25-22(23-17)27-14-6-3-7-15-27)24-18-10-12-19(13-11-18)26-30(28,29)20-8-4-2-5-9-20/h2,4-5,8-13,16,26H,3,6-7,14-15H2,1H3,(H,23,24,25). The van der Waals surface area contributed by atoms with Crippen LogP contribution in [-0.4, -0.2) is 31.5 Å². The highest BCUT2D eigenvalue weighted by Crippen LogP contribution is 2.23. The summed E-state index contributed by atoms with van der Waals surface area (Å²) in [6.45, 7) is 3.93. The molecule has 0 radical (unpaired) electrons. The second kappa shape index (κ2) is 8.71. The van der Waals surface area contributed by atoms with Gasteiger partial charge < -0.3 is 10.2 Å². The number of sulfonamides is 1. The minimum absolute atomic E-state index is 0.230. The molecule has 1 fully saturated rings. The lowest BCUT2D eigenvalue weighted by Gasteiger charge is -2.27. The van der Waals surface area contributed by atoms with Crippen LogP contribution in [0.15, 0.2) is 65.6 Å². The Morgan fingerprint density at radius 1 is 0.867 bits per heavy atom. The summed E-state index contributed by atoms with van der Waals surface area (Å²) >= 11 is 0. The summed E-state index contributed by atoms with van der Waals surface area (Å²) in [5, 5.41) is 3.29. The molecular formula is C22H25N5O2S. The highest BCUT2D eigenvalue weighted by atomic mass is 32.2. The molecule has 1 saturated heterocycles. The third kappa shape index (κ3) is 4.88. The predicted molar refractivity (Wildman–Crippen MR) is 120 cm³/mol. The second-order valence-electron chi connectivity index (χ2n) is 7.36. The molecule has 156 valence electrons. The smallest absolute Gasteiger partial charge is 0.261 e. The van der Waals surface area contributed by atoms with E-state index in [4.69, 9.17) is 0 Å². The van der Waals surface area contributed by atoms with Gasteiger partial charge in [0.1, 0.15) is 5.82 Å². The molecule has 2 aromatic carbocycles. The molecule has 0 saturated carbocycles. The molecule has 0 amide bonds. The van der Waals surface area contributed by atoms with E-state index < -0.39 is 10.0 Å². The average molecular weight is 424 g/mol. The summed E-state index contributed by atoms with van der Waals surface area (Å²) in [4.78, 5) is 11.7. The maximum Gasteiger partial charge on any atom is 0.261 e. The summed E-state index contributed by atoms with van der Waals surface area (Å²) in [7, 11) is -3.61. The lowest BCUT2D eigenvalue weighted by atomic mass is 10.1. The maximum atomic E-state index is 12.5. The Balaban J connectivity index is 1.47.